The molecule has 0 saturated carbocycles. The van der Waals surface area contributed by atoms with Gasteiger partial charge in [0.25, 0.3) is 5.09 Å². The van der Waals surface area contributed by atoms with Crippen molar-refractivity contribution in [1.29, 1.82) is 0 Å². The first-order valence-electron chi connectivity index (χ1n) is 8.91. The molecule has 0 aliphatic carbocycles. The van der Waals surface area contributed by atoms with Crippen molar-refractivity contribution in [1.82, 2.24) is 9.62 Å². The number of nitrogens with two attached hydrogens (primary N) is 1. The number of piperidine rings is 1. The van der Waals surface area contributed by atoms with Gasteiger partial charge in [0.05, 0.1) is 17.2 Å². The second-order valence-corrected chi connectivity index (χ2v) is 10.5. The summed E-state index contributed by atoms with van der Waals surface area (Å²) < 4.78 is 51.1. The van der Waals surface area contributed by atoms with Crippen LogP contribution in [0.4, 0.5) is 5.69 Å². The van der Waals surface area contributed by atoms with E-state index in [1.165, 1.54) is 6.07 Å². The predicted molar refractivity (Wildman–Crippen MR) is 102 cm³/mol. The summed E-state index contributed by atoms with van der Waals surface area (Å²) in [4.78, 5) is 16.4. The number of aryl methyl sites for hydroxylation is 1. The molecular weight excluding hydrogens is 426 g/mol. The minimum absolute atomic E-state index is 0.0637. The van der Waals surface area contributed by atoms with Crippen LogP contribution in [0.15, 0.2) is 21.9 Å². The molecule has 1 aromatic carbocycles. The van der Waals surface area contributed by atoms with E-state index in [1.807, 2.05) is 0 Å². The highest BCUT2D eigenvalue weighted by molar-refractivity contribution is 7.90. The zero-order chi connectivity index (χ0) is 21.4. The van der Waals surface area contributed by atoms with Crippen molar-refractivity contribution in [3.05, 3.63) is 27.8 Å². The molecule has 1 atom stereocenters. The Balaban J connectivity index is 1.68. The second-order valence-electron chi connectivity index (χ2n) is 7.24. The van der Waals surface area contributed by atoms with Gasteiger partial charge in [0.1, 0.15) is 11.1 Å². The van der Waals surface area contributed by atoms with Crippen LogP contribution in [0.3, 0.4) is 0 Å². The largest absolute Gasteiger partial charge is 0.367 e. The number of likely N-dealkylation sites (tertiary alicyclic amines) is 1. The minimum atomic E-state index is -4.05. The number of benzene rings is 1. The van der Waals surface area contributed by atoms with Crippen LogP contribution in [-0.4, -0.2) is 59.2 Å². The first-order valence-corrected chi connectivity index (χ1v) is 11.9. The fourth-order valence-corrected chi connectivity index (χ4v) is 5.80. The lowest BCUT2D eigenvalue weighted by atomic mass is 9.98. The maximum atomic E-state index is 12.6. The number of fused-ring (bicyclic) bond motifs is 1. The van der Waals surface area contributed by atoms with Gasteiger partial charge in [0.15, 0.2) is 0 Å². The van der Waals surface area contributed by atoms with E-state index >= 15 is 0 Å². The predicted octanol–water partition coefficient (Wildman–Crippen LogP) is -0.407. The van der Waals surface area contributed by atoms with Crippen LogP contribution < -0.4 is 15.2 Å². The smallest absolute Gasteiger partial charge is 0.294 e. The van der Waals surface area contributed by atoms with Gasteiger partial charge in [-0.3, -0.25) is 4.90 Å². The van der Waals surface area contributed by atoms with E-state index in [-0.39, 0.29) is 22.3 Å². The Morgan fingerprint density at radius 2 is 2.00 bits per heavy atom. The van der Waals surface area contributed by atoms with Crippen molar-refractivity contribution in [2.45, 2.75) is 35.7 Å². The van der Waals surface area contributed by atoms with Crippen molar-refractivity contribution < 1.29 is 26.8 Å². The van der Waals surface area contributed by atoms with E-state index in [2.05, 4.69) is 19.8 Å². The van der Waals surface area contributed by atoms with Crippen LogP contribution in [0.1, 0.15) is 18.4 Å². The second kappa shape index (κ2) is 8.02. The standard InChI is InChI=1S/C15H23N5O7S2/c1-10-6-12-14(7-13(10)28(16,23)24)29(25,26)18-15(17-12)8-19-4-2-11(3-5-19)9-27-20(21)22/h6-7,11,15,17-18H,2-5,8-9H2,1H3,(H2,16,23,24). The molecule has 0 spiro atoms. The normalized spacial score (nSPS) is 22.5. The number of hydrogen-bond donors (Lipinski definition) is 3. The van der Waals surface area contributed by atoms with Crippen molar-refractivity contribution in [2.24, 2.45) is 11.1 Å². The van der Waals surface area contributed by atoms with Crippen LogP contribution in [0.2, 0.25) is 0 Å². The van der Waals surface area contributed by atoms with E-state index in [0.29, 0.717) is 43.7 Å². The third-order valence-electron chi connectivity index (χ3n) is 5.06. The monoisotopic (exact) mass is 449 g/mol. The Morgan fingerprint density at radius 1 is 1.34 bits per heavy atom. The highest BCUT2D eigenvalue weighted by Gasteiger charge is 2.33. The fraction of sp³-hybridized carbons (Fsp3) is 0.600. The minimum Gasteiger partial charge on any atom is -0.367 e. The fourth-order valence-electron chi connectivity index (χ4n) is 3.62. The van der Waals surface area contributed by atoms with Crippen molar-refractivity contribution in [3.8, 4) is 0 Å². The number of nitrogens with zero attached hydrogens (tertiary/aromatic N) is 2. The van der Waals surface area contributed by atoms with E-state index in [9.17, 15) is 26.9 Å². The molecule has 0 aromatic heterocycles. The first kappa shape index (κ1) is 21.7. The van der Waals surface area contributed by atoms with Gasteiger partial charge in [-0.15, -0.1) is 10.1 Å². The summed E-state index contributed by atoms with van der Waals surface area (Å²) >= 11 is 0. The average molecular weight is 450 g/mol. The lowest BCUT2D eigenvalue weighted by Crippen LogP contribution is -2.52. The highest BCUT2D eigenvalue weighted by atomic mass is 32.2. The van der Waals surface area contributed by atoms with Crippen LogP contribution in [0, 0.1) is 23.0 Å². The van der Waals surface area contributed by atoms with Gasteiger partial charge in [-0.05, 0) is 56.5 Å². The highest BCUT2D eigenvalue weighted by Crippen LogP contribution is 2.31. The number of nitrogens with one attached hydrogen (secondary N) is 2. The van der Waals surface area contributed by atoms with E-state index in [0.717, 1.165) is 6.07 Å². The molecule has 1 saturated heterocycles. The zero-order valence-electron chi connectivity index (χ0n) is 15.7. The summed E-state index contributed by atoms with van der Waals surface area (Å²) in [7, 11) is -7.97. The molecule has 4 N–H and O–H groups in total. The summed E-state index contributed by atoms with van der Waals surface area (Å²) in [6.07, 6.45) is 0.820. The molecule has 2 aliphatic heterocycles. The van der Waals surface area contributed by atoms with Gasteiger partial charge >= 0.3 is 0 Å². The molecule has 1 aromatic rings. The molecule has 2 heterocycles. The molecule has 0 radical (unpaired) electrons. The molecule has 0 bridgehead atoms. The van der Waals surface area contributed by atoms with Crippen molar-refractivity contribution in [2.75, 3.05) is 31.6 Å². The Labute approximate surface area is 168 Å². The molecule has 1 unspecified atom stereocenters. The van der Waals surface area contributed by atoms with Gasteiger partial charge in [-0.2, -0.15) is 4.72 Å². The average Bonchev–Trinajstić information content (AvgIpc) is 2.58. The van der Waals surface area contributed by atoms with Crippen molar-refractivity contribution >= 4 is 25.7 Å². The quantitative estimate of drug-likeness (QED) is 0.385. The summed E-state index contributed by atoms with van der Waals surface area (Å²) in [6.45, 7) is 3.30. The molecule has 29 heavy (non-hydrogen) atoms. The molecule has 1 fully saturated rings. The summed E-state index contributed by atoms with van der Waals surface area (Å²) in [6, 6.07) is 2.52. The van der Waals surface area contributed by atoms with Gasteiger partial charge in [0, 0.05) is 6.54 Å². The number of sulfonamides is 2. The molecule has 14 heteroatoms. The maximum Gasteiger partial charge on any atom is 0.294 e. The molecule has 0 amide bonds. The Kier molecular flexibility index (Phi) is 6.01. The maximum absolute atomic E-state index is 12.6. The van der Waals surface area contributed by atoms with E-state index in [1.54, 1.807) is 6.92 Å². The SMILES string of the molecule is Cc1cc2c(cc1S(N)(=O)=O)S(=O)(=O)NC(CN1CCC(CO[N+](=O)[O-])CC1)N2. The molecule has 12 nitrogen and oxygen atoms in total. The van der Waals surface area contributed by atoms with Gasteiger partial charge in [-0.1, -0.05) is 0 Å². The number of anilines is 1. The van der Waals surface area contributed by atoms with Gasteiger partial charge in [-0.25, -0.2) is 22.0 Å². The summed E-state index contributed by atoms with van der Waals surface area (Å²) in [5.74, 6) is 0.0904. The van der Waals surface area contributed by atoms with Crippen LogP contribution >= 0.6 is 0 Å². The number of primary sulfonamides is 1. The third kappa shape index (κ3) is 5.14. The Bertz CT molecular complexity index is 1000. The summed E-state index contributed by atoms with van der Waals surface area (Å²) in [5.41, 5.74) is 0.661. The summed E-state index contributed by atoms with van der Waals surface area (Å²) in [5, 5.41) is 17.7. The first-order chi connectivity index (χ1) is 13.5. The molecule has 162 valence electrons. The van der Waals surface area contributed by atoms with Crippen molar-refractivity contribution in [3.63, 3.8) is 0 Å². The lowest BCUT2D eigenvalue weighted by molar-refractivity contribution is -0.759. The molecule has 3 rings (SSSR count). The van der Waals surface area contributed by atoms with Gasteiger partial charge in [0.2, 0.25) is 20.0 Å². The topological polar surface area (TPSA) is 174 Å². The molecular formula is C15H23N5O7S2. The molecule has 2 aliphatic rings. The van der Waals surface area contributed by atoms with E-state index < -0.39 is 31.3 Å². The van der Waals surface area contributed by atoms with Crippen LogP contribution in [-0.2, 0) is 24.9 Å². The number of rotatable bonds is 6. The zero-order valence-corrected chi connectivity index (χ0v) is 17.3. The van der Waals surface area contributed by atoms with E-state index in [4.69, 9.17) is 5.14 Å². The Hall–Kier alpha value is -2.00. The third-order valence-corrected chi connectivity index (χ3v) is 7.63. The lowest BCUT2D eigenvalue weighted by Gasteiger charge is -2.36. The van der Waals surface area contributed by atoms with Gasteiger partial charge < -0.3 is 10.2 Å². The Morgan fingerprint density at radius 3 is 2.59 bits per heavy atom. The number of hydrogen-bond acceptors (Lipinski definition) is 9. The van der Waals surface area contributed by atoms with Crippen LogP contribution in [0.25, 0.3) is 0 Å². The van der Waals surface area contributed by atoms with Crippen LogP contribution in [0.5, 0.6) is 0 Å².